The first-order valence-electron chi connectivity index (χ1n) is 4.17. The first kappa shape index (κ1) is 9.46. The summed E-state index contributed by atoms with van der Waals surface area (Å²) in [5.74, 6) is 0. The fourth-order valence-electron chi connectivity index (χ4n) is 1.12. The second-order valence-electron chi connectivity index (χ2n) is 2.88. The molecule has 1 heterocycles. The highest BCUT2D eigenvalue weighted by Gasteiger charge is 2.14. The molecule has 1 aliphatic rings. The van der Waals surface area contributed by atoms with Crippen LogP contribution < -0.4 is 5.73 Å². The molecule has 68 valence electrons. The van der Waals surface area contributed by atoms with Gasteiger partial charge in [-0.15, -0.1) is 0 Å². The standard InChI is InChI=1S/C8H14N2O2/c9-5-7(10)6-12-8-1-3-11-4-2-8/h7-8H,1-4,6,10H2/t7-/m1/s1. The van der Waals surface area contributed by atoms with Crippen molar-refractivity contribution in [2.24, 2.45) is 5.73 Å². The fourth-order valence-corrected chi connectivity index (χ4v) is 1.12. The fraction of sp³-hybridized carbons (Fsp3) is 0.875. The Bertz CT molecular complexity index is 161. The van der Waals surface area contributed by atoms with Crippen LogP contribution in [0.1, 0.15) is 12.8 Å². The summed E-state index contributed by atoms with van der Waals surface area (Å²) in [6.07, 6.45) is 2.06. The number of nitriles is 1. The Kier molecular flexibility index (Phi) is 4.01. The summed E-state index contributed by atoms with van der Waals surface area (Å²) in [5, 5.41) is 8.38. The highest BCUT2D eigenvalue weighted by molar-refractivity contribution is 4.86. The summed E-state index contributed by atoms with van der Waals surface area (Å²) in [7, 11) is 0. The van der Waals surface area contributed by atoms with Crippen molar-refractivity contribution in [3.63, 3.8) is 0 Å². The van der Waals surface area contributed by atoms with Crippen molar-refractivity contribution < 1.29 is 9.47 Å². The van der Waals surface area contributed by atoms with Crippen LogP contribution in [-0.2, 0) is 9.47 Å². The summed E-state index contributed by atoms with van der Waals surface area (Å²) in [5.41, 5.74) is 5.37. The van der Waals surface area contributed by atoms with Gasteiger partial charge in [0.1, 0.15) is 6.04 Å². The second-order valence-corrected chi connectivity index (χ2v) is 2.88. The zero-order chi connectivity index (χ0) is 8.81. The van der Waals surface area contributed by atoms with Crippen LogP contribution in [0.5, 0.6) is 0 Å². The van der Waals surface area contributed by atoms with Crippen LogP contribution in [-0.4, -0.2) is 32.0 Å². The van der Waals surface area contributed by atoms with E-state index in [1.165, 1.54) is 0 Å². The molecule has 0 aromatic carbocycles. The molecule has 0 aromatic rings. The third kappa shape index (κ3) is 3.18. The van der Waals surface area contributed by atoms with Crippen molar-refractivity contribution in [3.05, 3.63) is 0 Å². The largest absolute Gasteiger partial charge is 0.381 e. The third-order valence-corrected chi connectivity index (χ3v) is 1.85. The van der Waals surface area contributed by atoms with Gasteiger partial charge in [-0.1, -0.05) is 0 Å². The zero-order valence-electron chi connectivity index (χ0n) is 7.03. The number of hydrogen-bond acceptors (Lipinski definition) is 4. The Morgan fingerprint density at radius 3 is 2.83 bits per heavy atom. The molecular weight excluding hydrogens is 156 g/mol. The van der Waals surface area contributed by atoms with Crippen molar-refractivity contribution >= 4 is 0 Å². The molecule has 0 bridgehead atoms. The quantitative estimate of drug-likeness (QED) is 0.649. The van der Waals surface area contributed by atoms with Gasteiger partial charge in [-0.05, 0) is 12.8 Å². The molecule has 0 spiro atoms. The van der Waals surface area contributed by atoms with E-state index in [-0.39, 0.29) is 6.10 Å². The number of hydrogen-bond donors (Lipinski definition) is 1. The first-order valence-corrected chi connectivity index (χ1v) is 4.17. The van der Waals surface area contributed by atoms with E-state index in [1.54, 1.807) is 0 Å². The Labute approximate surface area is 72.2 Å². The third-order valence-electron chi connectivity index (χ3n) is 1.85. The normalized spacial score (nSPS) is 21.7. The summed E-state index contributed by atoms with van der Waals surface area (Å²) in [6, 6.07) is 1.43. The van der Waals surface area contributed by atoms with Gasteiger partial charge in [0.25, 0.3) is 0 Å². The van der Waals surface area contributed by atoms with Crippen LogP contribution in [0.2, 0.25) is 0 Å². The Hall–Kier alpha value is -0.630. The van der Waals surface area contributed by atoms with E-state index in [9.17, 15) is 0 Å². The lowest BCUT2D eigenvalue weighted by atomic mass is 10.1. The molecule has 1 rings (SSSR count). The maximum Gasteiger partial charge on any atom is 0.116 e. The predicted molar refractivity (Wildman–Crippen MR) is 43.4 cm³/mol. The molecule has 2 N–H and O–H groups in total. The van der Waals surface area contributed by atoms with Gasteiger partial charge < -0.3 is 15.2 Å². The van der Waals surface area contributed by atoms with Gasteiger partial charge in [0, 0.05) is 13.2 Å². The van der Waals surface area contributed by atoms with E-state index < -0.39 is 6.04 Å². The first-order chi connectivity index (χ1) is 5.83. The van der Waals surface area contributed by atoms with E-state index in [0.717, 1.165) is 26.1 Å². The SMILES string of the molecule is N#C[C@@H](N)COC1CCOCC1. The zero-order valence-corrected chi connectivity index (χ0v) is 7.03. The summed E-state index contributed by atoms with van der Waals surface area (Å²) < 4.78 is 10.6. The molecule has 0 aliphatic carbocycles. The highest BCUT2D eigenvalue weighted by atomic mass is 16.5. The Balaban J connectivity index is 2.10. The van der Waals surface area contributed by atoms with Crippen molar-refractivity contribution in [1.29, 1.82) is 5.26 Å². The molecule has 1 atom stereocenters. The van der Waals surface area contributed by atoms with E-state index in [2.05, 4.69) is 0 Å². The minimum Gasteiger partial charge on any atom is -0.381 e. The van der Waals surface area contributed by atoms with Gasteiger partial charge >= 0.3 is 0 Å². The highest BCUT2D eigenvalue weighted by Crippen LogP contribution is 2.10. The van der Waals surface area contributed by atoms with Crippen LogP contribution >= 0.6 is 0 Å². The molecule has 1 saturated heterocycles. The summed E-state index contributed by atoms with van der Waals surface area (Å²) in [4.78, 5) is 0. The van der Waals surface area contributed by atoms with Crippen molar-refractivity contribution in [2.75, 3.05) is 19.8 Å². The molecule has 0 amide bonds. The van der Waals surface area contributed by atoms with Gasteiger partial charge in [0.05, 0.1) is 18.8 Å². The lowest BCUT2D eigenvalue weighted by Crippen LogP contribution is -2.30. The molecule has 1 fully saturated rings. The lowest BCUT2D eigenvalue weighted by molar-refractivity contribution is -0.0325. The van der Waals surface area contributed by atoms with Crippen LogP contribution in [0.3, 0.4) is 0 Å². The molecule has 0 aromatic heterocycles. The van der Waals surface area contributed by atoms with Gasteiger partial charge in [0.2, 0.25) is 0 Å². The minimum atomic E-state index is -0.493. The van der Waals surface area contributed by atoms with Gasteiger partial charge in [-0.3, -0.25) is 0 Å². The molecule has 4 nitrogen and oxygen atoms in total. The van der Waals surface area contributed by atoms with E-state index in [1.807, 2.05) is 6.07 Å². The van der Waals surface area contributed by atoms with E-state index in [4.69, 9.17) is 20.5 Å². The van der Waals surface area contributed by atoms with Crippen molar-refractivity contribution in [2.45, 2.75) is 25.0 Å². The maximum absolute atomic E-state index is 8.38. The second kappa shape index (κ2) is 5.09. The molecule has 0 saturated carbocycles. The van der Waals surface area contributed by atoms with E-state index >= 15 is 0 Å². The summed E-state index contributed by atoms with van der Waals surface area (Å²) >= 11 is 0. The number of ether oxygens (including phenoxy) is 2. The van der Waals surface area contributed by atoms with Crippen molar-refractivity contribution in [3.8, 4) is 6.07 Å². The topological polar surface area (TPSA) is 68.3 Å². The minimum absolute atomic E-state index is 0.234. The number of rotatable bonds is 3. The molecule has 12 heavy (non-hydrogen) atoms. The average molecular weight is 170 g/mol. The van der Waals surface area contributed by atoms with Crippen LogP contribution in [0, 0.1) is 11.3 Å². The van der Waals surface area contributed by atoms with Gasteiger partial charge in [0.15, 0.2) is 0 Å². The lowest BCUT2D eigenvalue weighted by Gasteiger charge is -2.22. The Morgan fingerprint density at radius 1 is 1.58 bits per heavy atom. The van der Waals surface area contributed by atoms with Gasteiger partial charge in [-0.2, -0.15) is 5.26 Å². The maximum atomic E-state index is 8.38. The molecular formula is C8H14N2O2. The smallest absolute Gasteiger partial charge is 0.116 e. The number of nitrogens with two attached hydrogens (primary N) is 1. The van der Waals surface area contributed by atoms with Crippen molar-refractivity contribution in [1.82, 2.24) is 0 Å². The number of nitrogens with zero attached hydrogens (tertiary/aromatic N) is 1. The van der Waals surface area contributed by atoms with Crippen LogP contribution in [0.25, 0.3) is 0 Å². The molecule has 0 radical (unpaired) electrons. The molecule has 0 unspecified atom stereocenters. The molecule has 1 aliphatic heterocycles. The van der Waals surface area contributed by atoms with E-state index in [0.29, 0.717) is 6.61 Å². The van der Waals surface area contributed by atoms with Gasteiger partial charge in [-0.25, -0.2) is 0 Å². The molecule has 4 heteroatoms. The Morgan fingerprint density at radius 2 is 2.25 bits per heavy atom. The predicted octanol–water partition coefficient (Wildman–Crippen LogP) is 0.0329. The van der Waals surface area contributed by atoms with Crippen LogP contribution in [0.4, 0.5) is 0 Å². The monoisotopic (exact) mass is 170 g/mol. The summed E-state index contributed by atoms with van der Waals surface area (Å²) in [6.45, 7) is 1.85. The van der Waals surface area contributed by atoms with Crippen LogP contribution in [0.15, 0.2) is 0 Å². The average Bonchev–Trinajstić information content (AvgIpc) is 2.16.